The quantitative estimate of drug-likeness (QED) is 0.721. The van der Waals surface area contributed by atoms with E-state index in [4.69, 9.17) is 9.47 Å². The maximum atomic E-state index is 5.42. The molecule has 90 valence electrons. The third kappa shape index (κ3) is 4.59. The molecule has 0 atom stereocenters. The van der Waals surface area contributed by atoms with Crippen LogP contribution in [0.1, 0.15) is 19.4 Å². The Morgan fingerprint density at radius 3 is 2.44 bits per heavy atom. The second-order valence-electron chi connectivity index (χ2n) is 3.44. The predicted octanol–water partition coefficient (Wildman–Crippen LogP) is 2.20. The number of ether oxygens (including phenoxy) is 2. The zero-order chi connectivity index (χ0) is 11.8. The molecule has 0 aliphatic carbocycles. The maximum absolute atomic E-state index is 5.42. The first-order valence-electron chi connectivity index (χ1n) is 5.66. The maximum Gasteiger partial charge on any atom is 0.174 e. The van der Waals surface area contributed by atoms with Gasteiger partial charge < -0.3 is 14.8 Å². The van der Waals surface area contributed by atoms with E-state index in [1.54, 1.807) is 0 Å². The van der Waals surface area contributed by atoms with Crippen LogP contribution in [0.2, 0.25) is 0 Å². The van der Waals surface area contributed by atoms with Crippen LogP contribution in [-0.4, -0.2) is 31.0 Å². The van der Waals surface area contributed by atoms with Crippen LogP contribution in [0.3, 0.4) is 0 Å². The SMILES string of the molecule is CCOC(CNc1ccc(C)cn1)OCC. The first-order chi connectivity index (χ1) is 7.76. The van der Waals surface area contributed by atoms with Crippen LogP contribution in [0.25, 0.3) is 0 Å². The minimum absolute atomic E-state index is 0.210. The molecule has 4 nitrogen and oxygen atoms in total. The summed E-state index contributed by atoms with van der Waals surface area (Å²) in [5, 5.41) is 3.18. The van der Waals surface area contributed by atoms with Crippen LogP contribution in [0.4, 0.5) is 5.82 Å². The number of hydrogen-bond acceptors (Lipinski definition) is 4. The summed E-state index contributed by atoms with van der Waals surface area (Å²) in [4.78, 5) is 4.25. The van der Waals surface area contributed by atoms with Crippen molar-refractivity contribution in [3.05, 3.63) is 23.9 Å². The van der Waals surface area contributed by atoms with Gasteiger partial charge in [0, 0.05) is 19.4 Å². The summed E-state index contributed by atoms with van der Waals surface area (Å²) >= 11 is 0. The van der Waals surface area contributed by atoms with Gasteiger partial charge in [-0.05, 0) is 32.4 Å². The molecule has 0 amide bonds. The van der Waals surface area contributed by atoms with Crippen molar-refractivity contribution in [2.75, 3.05) is 25.1 Å². The third-order valence-corrected chi connectivity index (χ3v) is 2.07. The van der Waals surface area contributed by atoms with Gasteiger partial charge in [0.2, 0.25) is 0 Å². The summed E-state index contributed by atoms with van der Waals surface area (Å²) in [7, 11) is 0. The molecular weight excluding hydrogens is 204 g/mol. The molecule has 1 N–H and O–H groups in total. The average molecular weight is 224 g/mol. The lowest BCUT2D eigenvalue weighted by atomic mass is 10.3. The van der Waals surface area contributed by atoms with Gasteiger partial charge in [-0.1, -0.05) is 6.07 Å². The van der Waals surface area contributed by atoms with Crippen molar-refractivity contribution in [3.63, 3.8) is 0 Å². The molecule has 0 fully saturated rings. The molecule has 1 rings (SSSR count). The summed E-state index contributed by atoms with van der Waals surface area (Å²) < 4.78 is 10.8. The van der Waals surface area contributed by atoms with Gasteiger partial charge in [0.25, 0.3) is 0 Å². The van der Waals surface area contributed by atoms with E-state index in [1.165, 1.54) is 0 Å². The van der Waals surface area contributed by atoms with Crippen molar-refractivity contribution < 1.29 is 9.47 Å². The Morgan fingerprint density at radius 2 is 1.94 bits per heavy atom. The Balaban J connectivity index is 2.38. The molecule has 0 radical (unpaired) electrons. The van der Waals surface area contributed by atoms with Crippen LogP contribution in [-0.2, 0) is 9.47 Å². The number of nitrogens with zero attached hydrogens (tertiary/aromatic N) is 1. The minimum atomic E-state index is -0.210. The van der Waals surface area contributed by atoms with E-state index in [0.717, 1.165) is 11.4 Å². The first-order valence-corrected chi connectivity index (χ1v) is 5.66. The van der Waals surface area contributed by atoms with E-state index < -0.39 is 0 Å². The fourth-order valence-electron chi connectivity index (χ4n) is 1.30. The Hall–Kier alpha value is -1.13. The van der Waals surface area contributed by atoms with Crippen LogP contribution >= 0.6 is 0 Å². The summed E-state index contributed by atoms with van der Waals surface area (Å²) in [6, 6.07) is 3.97. The Bertz CT molecular complexity index is 282. The summed E-state index contributed by atoms with van der Waals surface area (Å²) in [6.07, 6.45) is 1.62. The van der Waals surface area contributed by atoms with Gasteiger partial charge in [0.1, 0.15) is 5.82 Å². The zero-order valence-corrected chi connectivity index (χ0v) is 10.2. The van der Waals surface area contributed by atoms with Crippen LogP contribution in [0.15, 0.2) is 18.3 Å². The van der Waals surface area contributed by atoms with Crippen molar-refractivity contribution in [2.24, 2.45) is 0 Å². The van der Waals surface area contributed by atoms with Gasteiger partial charge >= 0.3 is 0 Å². The van der Waals surface area contributed by atoms with E-state index in [0.29, 0.717) is 19.8 Å². The van der Waals surface area contributed by atoms with Gasteiger partial charge in [-0.25, -0.2) is 4.98 Å². The standard InChI is InChI=1S/C12H20N2O2/c1-4-15-12(16-5-2)9-14-11-7-6-10(3)8-13-11/h6-8,12H,4-5,9H2,1-3H3,(H,13,14). The third-order valence-electron chi connectivity index (χ3n) is 2.07. The van der Waals surface area contributed by atoms with Gasteiger partial charge in [-0.3, -0.25) is 0 Å². The molecule has 1 heterocycles. The first kappa shape index (κ1) is 12.9. The lowest BCUT2D eigenvalue weighted by Gasteiger charge is -2.17. The van der Waals surface area contributed by atoms with Crippen molar-refractivity contribution in [1.29, 1.82) is 0 Å². The molecule has 0 saturated carbocycles. The number of pyridine rings is 1. The summed E-state index contributed by atoms with van der Waals surface area (Å²) in [6.45, 7) is 7.82. The van der Waals surface area contributed by atoms with Crippen molar-refractivity contribution >= 4 is 5.82 Å². The summed E-state index contributed by atoms with van der Waals surface area (Å²) in [5.74, 6) is 0.843. The molecule has 4 heteroatoms. The molecule has 1 aromatic rings. The highest BCUT2D eigenvalue weighted by molar-refractivity contribution is 5.35. The molecule has 16 heavy (non-hydrogen) atoms. The monoisotopic (exact) mass is 224 g/mol. The topological polar surface area (TPSA) is 43.4 Å². The molecule has 0 saturated heterocycles. The highest BCUT2D eigenvalue weighted by Gasteiger charge is 2.07. The normalized spacial score (nSPS) is 10.8. The number of hydrogen-bond donors (Lipinski definition) is 1. The molecule has 0 aliphatic heterocycles. The molecule has 0 aromatic carbocycles. The molecule has 0 unspecified atom stereocenters. The van der Waals surface area contributed by atoms with E-state index in [-0.39, 0.29) is 6.29 Å². The minimum Gasteiger partial charge on any atom is -0.365 e. The fraction of sp³-hybridized carbons (Fsp3) is 0.583. The lowest BCUT2D eigenvalue weighted by Crippen LogP contribution is -2.26. The number of rotatable bonds is 7. The van der Waals surface area contributed by atoms with Gasteiger partial charge in [0.15, 0.2) is 6.29 Å². The van der Waals surface area contributed by atoms with Crippen molar-refractivity contribution in [1.82, 2.24) is 4.98 Å². The predicted molar refractivity (Wildman–Crippen MR) is 64.5 cm³/mol. The van der Waals surface area contributed by atoms with Crippen molar-refractivity contribution in [3.8, 4) is 0 Å². The number of aryl methyl sites for hydroxylation is 1. The highest BCUT2D eigenvalue weighted by Crippen LogP contribution is 2.05. The largest absolute Gasteiger partial charge is 0.365 e. The van der Waals surface area contributed by atoms with E-state index in [1.807, 2.05) is 39.1 Å². The van der Waals surface area contributed by atoms with E-state index >= 15 is 0 Å². The van der Waals surface area contributed by atoms with Gasteiger partial charge in [-0.15, -0.1) is 0 Å². The average Bonchev–Trinajstić information content (AvgIpc) is 2.29. The highest BCUT2D eigenvalue weighted by atomic mass is 16.7. The second-order valence-corrected chi connectivity index (χ2v) is 3.44. The summed E-state index contributed by atoms with van der Waals surface area (Å²) in [5.41, 5.74) is 1.15. The molecule has 0 spiro atoms. The van der Waals surface area contributed by atoms with Gasteiger partial charge in [0.05, 0.1) is 6.54 Å². The molecular formula is C12H20N2O2. The Labute approximate surface area is 97.0 Å². The van der Waals surface area contributed by atoms with Crippen LogP contribution in [0, 0.1) is 6.92 Å². The number of nitrogens with one attached hydrogen (secondary N) is 1. The molecule has 0 bridgehead atoms. The lowest BCUT2D eigenvalue weighted by molar-refractivity contribution is -0.126. The Kier molecular flexibility index (Phi) is 5.82. The zero-order valence-electron chi connectivity index (χ0n) is 10.2. The number of anilines is 1. The number of aromatic nitrogens is 1. The van der Waals surface area contributed by atoms with Crippen molar-refractivity contribution in [2.45, 2.75) is 27.1 Å². The smallest absolute Gasteiger partial charge is 0.174 e. The molecule has 0 aliphatic rings. The molecule has 1 aromatic heterocycles. The van der Waals surface area contributed by atoms with Gasteiger partial charge in [-0.2, -0.15) is 0 Å². The van der Waals surface area contributed by atoms with E-state index in [2.05, 4.69) is 10.3 Å². The van der Waals surface area contributed by atoms with E-state index in [9.17, 15) is 0 Å². The Morgan fingerprint density at radius 1 is 1.25 bits per heavy atom. The van der Waals surface area contributed by atoms with Crippen LogP contribution < -0.4 is 5.32 Å². The second kappa shape index (κ2) is 7.19. The fourth-order valence-corrected chi connectivity index (χ4v) is 1.30. The van der Waals surface area contributed by atoms with Crippen LogP contribution in [0.5, 0.6) is 0 Å².